The zero-order valence-electron chi connectivity index (χ0n) is 12.5. The molecule has 0 fully saturated rings. The van der Waals surface area contributed by atoms with Gasteiger partial charge in [0.1, 0.15) is 12.0 Å². The Hall–Kier alpha value is -2.51. The van der Waals surface area contributed by atoms with Crippen molar-refractivity contribution in [1.82, 2.24) is 5.16 Å². The Morgan fingerprint density at radius 3 is 2.39 bits per heavy atom. The van der Waals surface area contributed by atoms with Crippen LogP contribution in [0.4, 0.5) is 23.8 Å². The summed E-state index contributed by atoms with van der Waals surface area (Å²) in [6, 6.07) is 9.35. The summed E-state index contributed by atoms with van der Waals surface area (Å²) in [4.78, 5) is 13.2. The molecule has 1 aromatic carbocycles. The number of nitrogens with zero attached hydrogens (tertiary/aromatic N) is 2. The maximum absolute atomic E-state index is 12.8. The molecule has 23 heavy (non-hydrogen) atoms. The lowest BCUT2D eigenvalue weighted by molar-refractivity contribution is -0.144. The molecular weight excluding hydrogens is 313 g/mol. The van der Waals surface area contributed by atoms with Crippen LogP contribution in [0.1, 0.15) is 20.3 Å². The molecule has 0 spiro atoms. The Labute approximate surface area is 130 Å². The molecule has 2 rings (SSSR count). The molecule has 1 amide bonds. The number of carbonyl (C=O) groups is 1. The summed E-state index contributed by atoms with van der Waals surface area (Å²) in [6.07, 6.45) is -5.49. The van der Waals surface area contributed by atoms with E-state index in [1.807, 2.05) is 0 Å². The Bertz CT molecular complexity index is 640. The smallest absolute Gasteiger partial charge is 0.410 e. The van der Waals surface area contributed by atoms with Crippen molar-refractivity contribution in [1.29, 1.82) is 0 Å². The van der Waals surface area contributed by atoms with Crippen molar-refractivity contribution in [3.8, 4) is 5.75 Å². The monoisotopic (exact) mass is 328 g/mol. The number of hydrogen-bond donors (Lipinski definition) is 0. The predicted molar refractivity (Wildman–Crippen MR) is 76.2 cm³/mol. The number of alkyl halides is 3. The number of benzene rings is 1. The van der Waals surface area contributed by atoms with Gasteiger partial charge in [-0.2, -0.15) is 13.2 Å². The van der Waals surface area contributed by atoms with Gasteiger partial charge in [0.15, 0.2) is 5.82 Å². The molecule has 0 bridgehead atoms. The fraction of sp³-hybridized carbons (Fsp3) is 0.333. The van der Waals surface area contributed by atoms with Crippen molar-refractivity contribution >= 4 is 11.9 Å². The Balaban J connectivity index is 2.29. The van der Waals surface area contributed by atoms with E-state index in [1.54, 1.807) is 18.2 Å². The number of ether oxygens (including phenoxy) is 1. The van der Waals surface area contributed by atoms with Crippen LogP contribution in [-0.4, -0.2) is 23.0 Å². The Morgan fingerprint density at radius 2 is 1.87 bits per heavy atom. The van der Waals surface area contributed by atoms with E-state index in [0.717, 1.165) is 4.90 Å². The second kappa shape index (κ2) is 6.31. The van der Waals surface area contributed by atoms with Gasteiger partial charge in [0.05, 0.1) is 12.0 Å². The Kier molecular flexibility index (Phi) is 4.63. The first kappa shape index (κ1) is 16.9. The number of rotatable bonds is 4. The number of amides is 1. The highest BCUT2D eigenvalue weighted by atomic mass is 19.4. The zero-order chi connectivity index (χ0) is 17.1. The maximum atomic E-state index is 12.8. The highest BCUT2D eigenvalue weighted by molar-refractivity contribution is 5.89. The number of aromatic nitrogens is 1. The SMILES string of the molecule is CC(C)(CC(F)(F)F)N(C(=O)Oc1ccccc1)c1ccon1. The van der Waals surface area contributed by atoms with Crippen LogP contribution in [0.5, 0.6) is 5.75 Å². The van der Waals surface area contributed by atoms with Gasteiger partial charge in [0, 0.05) is 6.07 Å². The molecule has 0 aliphatic heterocycles. The minimum Gasteiger partial charge on any atom is -0.410 e. The van der Waals surface area contributed by atoms with E-state index in [-0.39, 0.29) is 11.6 Å². The molecule has 1 heterocycles. The average Bonchev–Trinajstić information content (AvgIpc) is 2.90. The molecule has 8 heteroatoms. The molecule has 0 aliphatic carbocycles. The molecule has 0 N–H and O–H groups in total. The quantitative estimate of drug-likeness (QED) is 0.834. The molecule has 0 saturated carbocycles. The van der Waals surface area contributed by atoms with Crippen LogP contribution in [0.25, 0.3) is 0 Å². The van der Waals surface area contributed by atoms with Gasteiger partial charge >= 0.3 is 12.3 Å². The van der Waals surface area contributed by atoms with Gasteiger partial charge < -0.3 is 9.26 Å². The molecule has 5 nitrogen and oxygen atoms in total. The van der Waals surface area contributed by atoms with Crippen LogP contribution in [0.2, 0.25) is 0 Å². The van der Waals surface area contributed by atoms with Gasteiger partial charge in [-0.3, -0.25) is 4.90 Å². The minimum absolute atomic E-state index is 0.0554. The standard InChI is InChI=1S/C15H15F3N2O3/c1-14(2,10-15(16,17)18)20(12-8-9-22-19-12)13(21)23-11-6-4-3-5-7-11/h3-9H,10H2,1-2H3. The summed E-state index contributed by atoms with van der Waals surface area (Å²) >= 11 is 0. The number of hydrogen-bond acceptors (Lipinski definition) is 4. The van der Waals surface area contributed by atoms with Crippen molar-refractivity contribution in [3.05, 3.63) is 42.7 Å². The predicted octanol–water partition coefficient (Wildman–Crippen LogP) is 4.41. The lowest BCUT2D eigenvalue weighted by Crippen LogP contribution is -2.51. The molecule has 0 atom stereocenters. The van der Waals surface area contributed by atoms with E-state index in [2.05, 4.69) is 9.68 Å². The largest absolute Gasteiger partial charge is 0.421 e. The van der Waals surface area contributed by atoms with E-state index < -0.39 is 24.2 Å². The van der Waals surface area contributed by atoms with Crippen LogP contribution in [0.3, 0.4) is 0 Å². The highest BCUT2D eigenvalue weighted by Crippen LogP contribution is 2.34. The fourth-order valence-corrected chi connectivity index (χ4v) is 2.18. The second-order valence-corrected chi connectivity index (χ2v) is 5.48. The second-order valence-electron chi connectivity index (χ2n) is 5.48. The topological polar surface area (TPSA) is 55.6 Å². The summed E-state index contributed by atoms with van der Waals surface area (Å²) < 4.78 is 48.2. The first-order chi connectivity index (χ1) is 10.7. The summed E-state index contributed by atoms with van der Waals surface area (Å²) in [7, 11) is 0. The van der Waals surface area contributed by atoms with Gasteiger partial charge in [0.25, 0.3) is 0 Å². The molecule has 0 unspecified atom stereocenters. The van der Waals surface area contributed by atoms with Gasteiger partial charge in [0.2, 0.25) is 0 Å². The third-order valence-corrected chi connectivity index (χ3v) is 3.02. The van der Waals surface area contributed by atoms with Crippen molar-refractivity contribution in [3.63, 3.8) is 0 Å². The van der Waals surface area contributed by atoms with E-state index in [4.69, 9.17) is 4.74 Å². The van der Waals surface area contributed by atoms with Crippen LogP contribution >= 0.6 is 0 Å². The first-order valence-electron chi connectivity index (χ1n) is 6.73. The molecule has 2 aromatic rings. The van der Waals surface area contributed by atoms with E-state index >= 15 is 0 Å². The number of halogens is 3. The van der Waals surface area contributed by atoms with Gasteiger partial charge in [-0.15, -0.1) is 0 Å². The number of para-hydroxylation sites is 1. The summed E-state index contributed by atoms with van der Waals surface area (Å²) in [5, 5.41) is 3.56. The van der Waals surface area contributed by atoms with E-state index in [1.165, 1.54) is 38.3 Å². The minimum atomic E-state index is -4.46. The lowest BCUT2D eigenvalue weighted by Gasteiger charge is -2.36. The third kappa shape index (κ3) is 4.48. The molecule has 0 saturated heterocycles. The van der Waals surface area contributed by atoms with Crippen molar-refractivity contribution in [2.45, 2.75) is 32.0 Å². The van der Waals surface area contributed by atoms with E-state index in [9.17, 15) is 18.0 Å². The molecule has 0 radical (unpaired) electrons. The van der Waals surface area contributed by atoms with Gasteiger partial charge in [-0.25, -0.2) is 4.79 Å². The van der Waals surface area contributed by atoms with Crippen LogP contribution in [-0.2, 0) is 0 Å². The highest BCUT2D eigenvalue weighted by Gasteiger charge is 2.44. The average molecular weight is 328 g/mol. The van der Waals surface area contributed by atoms with Crippen LogP contribution in [0, 0.1) is 0 Å². The van der Waals surface area contributed by atoms with Crippen molar-refractivity contribution < 1.29 is 27.2 Å². The number of anilines is 1. The number of carbonyl (C=O) groups excluding carboxylic acids is 1. The summed E-state index contributed by atoms with van der Waals surface area (Å²) in [5.41, 5.74) is -1.61. The summed E-state index contributed by atoms with van der Waals surface area (Å²) in [5.74, 6) is 0.161. The molecule has 124 valence electrons. The summed E-state index contributed by atoms with van der Waals surface area (Å²) in [6.45, 7) is 2.56. The molecule has 1 aromatic heterocycles. The molecular formula is C15H15F3N2O3. The van der Waals surface area contributed by atoms with Crippen molar-refractivity contribution in [2.24, 2.45) is 0 Å². The van der Waals surface area contributed by atoms with Crippen LogP contribution in [0.15, 0.2) is 47.2 Å². The Morgan fingerprint density at radius 1 is 1.22 bits per heavy atom. The zero-order valence-corrected chi connectivity index (χ0v) is 12.5. The lowest BCUT2D eigenvalue weighted by atomic mass is 9.98. The fourth-order valence-electron chi connectivity index (χ4n) is 2.18. The maximum Gasteiger partial charge on any atom is 0.421 e. The van der Waals surface area contributed by atoms with Crippen LogP contribution < -0.4 is 9.64 Å². The normalized spacial score (nSPS) is 12.0. The van der Waals surface area contributed by atoms with E-state index in [0.29, 0.717) is 0 Å². The van der Waals surface area contributed by atoms with Gasteiger partial charge in [-0.05, 0) is 26.0 Å². The van der Waals surface area contributed by atoms with Crippen molar-refractivity contribution in [2.75, 3.05) is 4.90 Å². The van der Waals surface area contributed by atoms with Gasteiger partial charge in [-0.1, -0.05) is 23.4 Å². The first-order valence-corrected chi connectivity index (χ1v) is 6.73. The molecule has 0 aliphatic rings. The third-order valence-electron chi connectivity index (χ3n) is 3.02.